The summed E-state index contributed by atoms with van der Waals surface area (Å²) >= 11 is 0. The fourth-order valence-corrected chi connectivity index (χ4v) is 4.96. The summed E-state index contributed by atoms with van der Waals surface area (Å²) in [5.41, 5.74) is 4.65. The molecule has 0 saturated carbocycles. The van der Waals surface area contributed by atoms with Gasteiger partial charge in [-0.2, -0.15) is 0 Å². The summed E-state index contributed by atoms with van der Waals surface area (Å²) in [6.07, 6.45) is 0.644. The molecule has 0 bridgehead atoms. The molecular formula is C27H32N2O6. The summed E-state index contributed by atoms with van der Waals surface area (Å²) in [5.74, 6) is -1.27. The molecule has 0 spiro atoms. The molecule has 1 saturated heterocycles. The SMILES string of the molecule is CC(CCC(=O)O)NC(=O)CC1COCCC1NC(=O)OCC1c2ccccc2-c2ccccc21. The highest BCUT2D eigenvalue weighted by atomic mass is 16.5. The summed E-state index contributed by atoms with van der Waals surface area (Å²) in [5, 5.41) is 14.6. The van der Waals surface area contributed by atoms with Crippen LogP contribution in [0.25, 0.3) is 11.1 Å². The number of hydrogen-bond donors (Lipinski definition) is 3. The van der Waals surface area contributed by atoms with Gasteiger partial charge < -0.3 is 25.2 Å². The Kier molecular flexibility index (Phi) is 8.02. The van der Waals surface area contributed by atoms with E-state index < -0.39 is 12.1 Å². The number of alkyl carbamates (subject to hydrolysis) is 1. The van der Waals surface area contributed by atoms with Crippen LogP contribution in [0.2, 0.25) is 0 Å². The highest BCUT2D eigenvalue weighted by Crippen LogP contribution is 2.44. The van der Waals surface area contributed by atoms with E-state index in [1.807, 2.05) is 24.3 Å². The van der Waals surface area contributed by atoms with Gasteiger partial charge in [-0.05, 0) is 42.0 Å². The van der Waals surface area contributed by atoms with Gasteiger partial charge in [-0.3, -0.25) is 9.59 Å². The standard InChI is InChI=1S/C27H32N2O6/c1-17(10-11-26(31)32)28-25(30)14-18-15-34-13-12-24(18)29-27(33)35-16-23-21-8-4-2-6-19(21)20-7-3-5-9-22(20)23/h2-9,17-18,23-24H,10-16H2,1H3,(H,28,30)(H,29,33)(H,31,32). The number of fused-ring (bicyclic) bond motifs is 3. The number of ether oxygens (including phenoxy) is 2. The predicted octanol–water partition coefficient (Wildman–Crippen LogP) is 3.69. The zero-order valence-corrected chi connectivity index (χ0v) is 19.9. The zero-order chi connectivity index (χ0) is 24.8. The molecule has 2 aromatic carbocycles. The third kappa shape index (κ3) is 6.19. The number of carboxylic acids is 1. The number of nitrogens with one attached hydrogen (secondary N) is 2. The van der Waals surface area contributed by atoms with Crippen molar-refractivity contribution in [1.82, 2.24) is 10.6 Å². The quantitative estimate of drug-likeness (QED) is 0.504. The molecule has 8 heteroatoms. The van der Waals surface area contributed by atoms with Crippen LogP contribution in [0.3, 0.4) is 0 Å². The van der Waals surface area contributed by atoms with Gasteiger partial charge in [0.25, 0.3) is 0 Å². The van der Waals surface area contributed by atoms with Gasteiger partial charge in [-0.25, -0.2) is 4.79 Å². The van der Waals surface area contributed by atoms with Gasteiger partial charge in [-0.1, -0.05) is 48.5 Å². The number of benzene rings is 2. The molecule has 35 heavy (non-hydrogen) atoms. The van der Waals surface area contributed by atoms with Crippen molar-refractivity contribution >= 4 is 18.0 Å². The van der Waals surface area contributed by atoms with Crippen molar-refractivity contribution in [2.75, 3.05) is 19.8 Å². The predicted molar refractivity (Wildman–Crippen MR) is 130 cm³/mol. The Balaban J connectivity index is 1.31. The first kappa shape index (κ1) is 24.7. The number of carboxylic acid groups (broad SMARTS) is 1. The lowest BCUT2D eigenvalue weighted by Crippen LogP contribution is -2.48. The maximum absolute atomic E-state index is 12.7. The molecule has 2 aromatic rings. The molecule has 2 amide bonds. The first-order valence-corrected chi connectivity index (χ1v) is 12.1. The van der Waals surface area contributed by atoms with Crippen LogP contribution in [0.4, 0.5) is 4.79 Å². The molecule has 0 radical (unpaired) electrons. The van der Waals surface area contributed by atoms with Crippen LogP contribution in [0, 0.1) is 5.92 Å². The Labute approximate surface area is 205 Å². The molecule has 3 N–H and O–H groups in total. The van der Waals surface area contributed by atoms with Crippen LogP contribution < -0.4 is 10.6 Å². The van der Waals surface area contributed by atoms with Crippen LogP contribution in [0.15, 0.2) is 48.5 Å². The second-order valence-corrected chi connectivity index (χ2v) is 9.31. The lowest BCUT2D eigenvalue weighted by Gasteiger charge is -2.32. The number of hydrogen-bond acceptors (Lipinski definition) is 5. The normalized spacial score (nSPS) is 19.8. The summed E-state index contributed by atoms with van der Waals surface area (Å²) in [6, 6.07) is 15.9. The number of carbonyl (C=O) groups excluding carboxylic acids is 2. The first-order chi connectivity index (χ1) is 16.9. The minimum absolute atomic E-state index is 0.0000485. The second-order valence-electron chi connectivity index (χ2n) is 9.31. The van der Waals surface area contributed by atoms with Crippen molar-refractivity contribution < 1.29 is 29.0 Å². The summed E-state index contributed by atoms with van der Waals surface area (Å²) in [7, 11) is 0. The van der Waals surface area contributed by atoms with E-state index in [0.29, 0.717) is 26.1 Å². The van der Waals surface area contributed by atoms with Gasteiger partial charge in [0.1, 0.15) is 6.61 Å². The number of amides is 2. The van der Waals surface area contributed by atoms with Gasteiger partial charge in [0, 0.05) is 43.4 Å². The zero-order valence-electron chi connectivity index (χ0n) is 19.9. The fraction of sp³-hybridized carbons (Fsp3) is 0.444. The summed E-state index contributed by atoms with van der Waals surface area (Å²) < 4.78 is 11.2. The van der Waals surface area contributed by atoms with Gasteiger partial charge in [0.15, 0.2) is 0 Å². The molecule has 1 fully saturated rings. The molecule has 8 nitrogen and oxygen atoms in total. The monoisotopic (exact) mass is 480 g/mol. The van der Waals surface area contributed by atoms with Crippen molar-refractivity contribution in [2.24, 2.45) is 5.92 Å². The van der Waals surface area contributed by atoms with E-state index in [0.717, 1.165) is 11.1 Å². The maximum Gasteiger partial charge on any atom is 0.407 e. The molecular weight excluding hydrogens is 448 g/mol. The van der Waals surface area contributed by atoms with Crippen molar-refractivity contribution in [2.45, 2.75) is 50.6 Å². The van der Waals surface area contributed by atoms with Crippen molar-refractivity contribution in [3.05, 3.63) is 59.7 Å². The molecule has 0 aromatic heterocycles. The molecule has 1 aliphatic heterocycles. The van der Waals surface area contributed by atoms with Gasteiger partial charge in [-0.15, -0.1) is 0 Å². The lowest BCUT2D eigenvalue weighted by atomic mass is 9.92. The summed E-state index contributed by atoms with van der Waals surface area (Å²) in [4.78, 5) is 35.9. The lowest BCUT2D eigenvalue weighted by molar-refractivity contribution is -0.137. The average molecular weight is 481 g/mol. The van der Waals surface area contributed by atoms with Crippen LogP contribution in [0.5, 0.6) is 0 Å². The van der Waals surface area contributed by atoms with Crippen LogP contribution in [0.1, 0.15) is 49.7 Å². The third-order valence-corrected chi connectivity index (χ3v) is 6.77. The second kappa shape index (κ2) is 11.4. The van der Waals surface area contributed by atoms with E-state index in [9.17, 15) is 14.4 Å². The van der Waals surface area contributed by atoms with E-state index in [1.165, 1.54) is 11.1 Å². The van der Waals surface area contributed by atoms with E-state index >= 15 is 0 Å². The number of rotatable bonds is 9. The Bertz CT molecular complexity index is 1030. The molecule has 2 aliphatic rings. The minimum Gasteiger partial charge on any atom is -0.481 e. The van der Waals surface area contributed by atoms with E-state index in [4.69, 9.17) is 14.6 Å². The van der Waals surface area contributed by atoms with Gasteiger partial charge >= 0.3 is 12.1 Å². The first-order valence-electron chi connectivity index (χ1n) is 12.1. The number of carbonyl (C=O) groups is 3. The molecule has 4 rings (SSSR count). The van der Waals surface area contributed by atoms with E-state index in [1.54, 1.807) is 6.92 Å². The molecule has 1 heterocycles. The molecule has 1 aliphatic carbocycles. The van der Waals surface area contributed by atoms with Crippen LogP contribution in [-0.4, -0.2) is 55.0 Å². The van der Waals surface area contributed by atoms with Crippen molar-refractivity contribution in [3.63, 3.8) is 0 Å². The summed E-state index contributed by atoms with van der Waals surface area (Å²) in [6.45, 7) is 2.88. The number of aliphatic carboxylic acids is 1. The topological polar surface area (TPSA) is 114 Å². The van der Waals surface area contributed by atoms with Crippen molar-refractivity contribution in [1.29, 1.82) is 0 Å². The molecule has 3 atom stereocenters. The van der Waals surface area contributed by atoms with E-state index in [-0.39, 0.29) is 49.3 Å². The fourth-order valence-electron chi connectivity index (χ4n) is 4.96. The molecule has 186 valence electrons. The van der Waals surface area contributed by atoms with Crippen LogP contribution >= 0.6 is 0 Å². The largest absolute Gasteiger partial charge is 0.481 e. The Morgan fingerprint density at radius 3 is 2.40 bits per heavy atom. The van der Waals surface area contributed by atoms with Crippen molar-refractivity contribution in [3.8, 4) is 11.1 Å². The Hall–Kier alpha value is -3.39. The highest BCUT2D eigenvalue weighted by molar-refractivity contribution is 5.79. The molecule has 3 unspecified atom stereocenters. The van der Waals surface area contributed by atoms with Crippen LogP contribution in [-0.2, 0) is 19.1 Å². The Morgan fingerprint density at radius 2 is 1.74 bits per heavy atom. The van der Waals surface area contributed by atoms with E-state index in [2.05, 4.69) is 34.9 Å². The maximum atomic E-state index is 12.7. The minimum atomic E-state index is -0.890. The third-order valence-electron chi connectivity index (χ3n) is 6.77. The average Bonchev–Trinajstić information content (AvgIpc) is 3.16. The van der Waals surface area contributed by atoms with Gasteiger partial charge in [0.2, 0.25) is 5.91 Å². The smallest absolute Gasteiger partial charge is 0.407 e. The van der Waals surface area contributed by atoms with Gasteiger partial charge in [0.05, 0.1) is 6.61 Å². The Morgan fingerprint density at radius 1 is 1.09 bits per heavy atom. The highest BCUT2D eigenvalue weighted by Gasteiger charge is 2.32.